The second-order valence-corrected chi connectivity index (χ2v) is 11.0. The quantitative estimate of drug-likeness (QED) is 0.568. The molecule has 5 heteroatoms. The SMILES string of the molecule is [CH2-][P+](C)(CC)C1(C(=O)Nc2c(C)cc(OC)cc2C)CCC1.[Y]. The summed E-state index contributed by atoms with van der Waals surface area (Å²) in [5.41, 5.74) is 3.01. The Morgan fingerprint density at radius 2 is 1.87 bits per heavy atom. The Hall–Kier alpha value is 0.0239. The molecule has 3 nitrogen and oxygen atoms in total. The number of rotatable bonds is 5. The average molecular weight is 410 g/mol. The summed E-state index contributed by atoms with van der Waals surface area (Å²) in [6, 6.07) is 3.93. The van der Waals surface area contributed by atoms with Gasteiger partial charge in [0.1, 0.15) is 10.9 Å². The van der Waals surface area contributed by atoms with Crippen LogP contribution in [0.15, 0.2) is 12.1 Å². The number of anilines is 1. The first-order valence-corrected chi connectivity index (χ1v) is 10.5. The van der Waals surface area contributed by atoms with E-state index in [-0.39, 0.29) is 43.8 Å². The number of hydrogen-bond donors (Lipinski definition) is 1. The van der Waals surface area contributed by atoms with Crippen LogP contribution < -0.4 is 10.1 Å². The van der Waals surface area contributed by atoms with Crippen LogP contribution in [0.25, 0.3) is 0 Å². The van der Waals surface area contributed by atoms with Crippen LogP contribution in [0.4, 0.5) is 5.69 Å². The molecular weight excluding hydrogens is 382 g/mol. The standard InChI is InChI=1S/C18H28NO2P.Y/c1-7-22(5,6)18(9-8-10-18)17(20)19-16-13(2)11-15(21-4)12-14(16)3;/h11-12H,5,7-10H2,1-4,6H3,(H,19,20);. The second kappa shape index (κ2) is 7.94. The molecule has 0 bridgehead atoms. The number of nitrogens with one attached hydrogen (secondary N) is 1. The molecule has 1 aromatic carbocycles. The van der Waals surface area contributed by atoms with E-state index in [2.05, 4.69) is 25.6 Å². The van der Waals surface area contributed by atoms with Crippen molar-refractivity contribution in [3.8, 4) is 5.75 Å². The van der Waals surface area contributed by atoms with Crippen molar-refractivity contribution in [3.05, 3.63) is 29.9 Å². The summed E-state index contributed by atoms with van der Waals surface area (Å²) in [5.74, 6) is 0.997. The molecule has 1 atom stereocenters. The third-order valence-electron chi connectivity index (χ3n) is 5.32. The molecule has 0 spiro atoms. The minimum atomic E-state index is -1.48. The van der Waals surface area contributed by atoms with Gasteiger partial charge in [0.15, 0.2) is 0 Å². The fourth-order valence-electron chi connectivity index (χ4n) is 3.30. The molecule has 1 aliphatic carbocycles. The summed E-state index contributed by atoms with van der Waals surface area (Å²) in [7, 11) is 0.178. The number of hydrogen-bond acceptors (Lipinski definition) is 2. The maximum absolute atomic E-state index is 13.0. The Kier molecular flexibility index (Phi) is 7.27. The van der Waals surface area contributed by atoms with E-state index in [0.29, 0.717) is 0 Å². The largest absolute Gasteiger partial charge is 0.497 e. The maximum Gasteiger partial charge on any atom is 0.265 e. The van der Waals surface area contributed by atoms with Gasteiger partial charge in [-0.15, -0.1) is 7.26 Å². The second-order valence-electron chi connectivity index (χ2n) is 6.69. The number of carbonyl (C=O) groups excluding carboxylic acids is 1. The van der Waals surface area contributed by atoms with Crippen LogP contribution in [-0.2, 0) is 37.5 Å². The minimum Gasteiger partial charge on any atom is -0.497 e. The Balaban J connectivity index is 0.00000264. The summed E-state index contributed by atoms with van der Waals surface area (Å²) < 4.78 is 5.29. The first kappa shape index (κ1) is 21.1. The first-order chi connectivity index (χ1) is 10.3. The van der Waals surface area contributed by atoms with E-state index in [1.807, 2.05) is 26.0 Å². The first-order valence-electron chi connectivity index (χ1n) is 7.94. The van der Waals surface area contributed by atoms with Gasteiger partial charge in [-0.05, 0) is 63.3 Å². The summed E-state index contributed by atoms with van der Waals surface area (Å²) in [6.07, 6.45) is 4.11. The van der Waals surface area contributed by atoms with E-state index in [1.165, 1.54) is 0 Å². The molecule has 1 aromatic rings. The van der Waals surface area contributed by atoms with Crippen LogP contribution in [0.1, 0.15) is 37.3 Å². The van der Waals surface area contributed by atoms with Gasteiger partial charge in [0.25, 0.3) is 5.91 Å². The molecule has 1 fully saturated rings. The smallest absolute Gasteiger partial charge is 0.265 e. The van der Waals surface area contributed by atoms with E-state index in [4.69, 9.17) is 4.74 Å². The zero-order chi connectivity index (χ0) is 16.5. The predicted molar refractivity (Wildman–Crippen MR) is 96.4 cm³/mol. The van der Waals surface area contributed by atoms with Gasteiger partial charge >= 0.3 is 0 Å². The number of carbonyl (C=O) groups is 1. The number of benzene rings is 1. The molecular formula is C18H28NO2PY. The molecule has 1 aliphatic rings. The van der Waals surface area contributed by atoms with E-state index < -0.39 is 7.26 Å². The van der Waals surface area contributed by atoms with Crippen molar-refractivity contribution < 1.29 is 42.2 Å². The molecule has 1 amide bonds. The zero-order valence-corrected chi connectivity index (χ0v) is 18.8. The number of amides is 1. The van der Waals surface area contributed by atoms with Crippen LogP contribution >= 0.6 is 7.26 Å². The van der Waals surface area contributed by atoms with Crippen molar-refractivity contribution in [2.75, 3.05) is 25.3 Å². The van der Waals surface area contributed by atoms with Crippen molar-refractivity contribution in [2.45, 2.75) is 45.2 Å². The molecule has 0 saturated heterocycles. The molecule has 23 heavy (non-hydrogen) atoms. The molecule has 0 aromatic heterocycles. The Morgan fingerprint density at radius 3 is 2.22 bits per heavy atom. The maximum atomic E-state index is 13.0. The Bertz CT molecular complexity index is 559. The summed E-state index contributed by atoms with van der Waals surface area (Å²) in [4.78, 5) is 13.0. The van der Waals surface area contributed by atoms with Crippen LogP contribution in [-0.4, -0.2) is 31.0 Å². The average Bonchev–Trinajstić information content (AvgIpc) is 2.40. The van der Waals surface area contributed by atoms with Crippen molar-refractivity contribution in [1.29, 1.82) is 0 Å². The fourth-order valence-corrected chi connectivity index (χ4v) is 5.84. The van der Waals surface area contributed by atoms with E-state index in [1.54, 1.807) is 7.11 Å². The molecule has 0 heterocycles. The van der Waals surface area contributed by atoms with E-state index in [0.717, 1.165) is 48.0 Å². The number of aryl methyl sites for hydroxylation is 2. The van der Waals surface area contributed by atoms with Gasteiger partial charge in [0.2, 0.25) is 0 Å². The molecule has 0 aliphatic heterocycles. The minimum absolute atomic E-state index is 0. The Labute approximate surface area is 166 Å². The normalized spacial score (nSPS) is 18.2. The summed E-state index contributed by atoms with van der Waals surface area (Å²) >= 11 is 0. The topological polar surface area (TPSA) is 38.3 Å². The van der Waals surface area contributed by atoms with Crippen molar-refractivity contribution in [1.82, 2.24) is 0 Å². The van der Waals surface area contributed by atoms with Gasteiger partial charge in [0.05, 0.1) is 7.11 Å². The van der Waals surface area contributed by atoms with Crippen LogP contribution in [0.3, 0.4) is 0 Å². The summed E-state index contributed by atoms with van der Waals surface area (Å²) in [5, 5.41) is 2.98. The molecule has 1 unspecified atom stereocenters. The summed E-state index contributed by atoms with van der Waals surface area (Å²) in [6.45, 7) is 12.9. The van der Waals surface area contributed by atoms with E-state index >= 15 is 0 Å². The van der Waals surface area contributed by atoms with Crippen molar-refractivity contribution in [3.63, 3.8) is 0 Å². The molecule has 1 radical (unpaired) electrons. The van der Waals surface area contributed by atoms with Crippen molar-refractivity contribution >= 4 is 18.9 Å². The molecule has 1 saturated carbocycles. The van der Waals surface area contributed by atoms with Gasteiger partial charge in [-0.25, -0.2) is 0 Å². The molecule has 2 rings (SSSR count). The predicted octanol–water partition coefficient (Wildman–Crippen LogP) is 4.63. The van der Waals surface area contributed by atoms with Crippen molar-refractivity contribution in [2.24, 2.45) is 0 Å². The van der Waals surface area contributed by atoms with Gasteiger partial charge in [-0.3, -0.25) is 4.79 Å². The monoisotopic (exact) mass is 410 g/mol. The van der Waals surface area contributed by atoms with Crippen LogP contribution in [0, 0.1) is 20.5 Å². The van der Waals surface area contributed by atoms with Gasteiger partial charge in [-0.1, -0.05) is 0 Å². The van der Waals surface area contributed by atoms with Gasteiger partial charge < -0.3 is 10.1 Å². The third-order valence-corrected chi connectivity index (χ3v) is 9.43. The van der Waals surface area contributed by atoms with Crippen LogP contribution in [0.2, 0.25) is 0 Å². The third kappa shape index (κ3) is 3.83. The molecule has 1 N–H and O–H groups in total. The number of ether oxygens (including phenoxy) is 1. The Morgan fingerprint density at radius 1 is 1.35 bits per heavy atom. The van der Waals surface area contributed by atoms with Crippen LogP contribution in [0.5, 0.6) is 5.75 Å². The number of methoxy groups -OCH3 is 1. The zero-order valence-electron chi connectivity index (χ0n) is 15.0. The molecule has 125 valence electrons. The van der Waals surface area contributed by atoms with Gasteiger partial charge in [-0.2, -0.15) is 6.66 Å². The van der Waals surface area contributed by atoms with E-state index in [9.17, 15) is 4.79 Å². The van der Waals surface area contributed by atoms with Gasteiger partial charge in [0, 0.05) is 51.2 Å². The fraction of sp³-hybridized carbons (Fsp3) is 0.556.